The molecular formula is C25H38N9O2+. The first-order valence-electron chi connectivity index (χ1n) is 12.1. The summed E-state index contributed by atoms with van der Waals surface area (Å²) in [6, 6.07) is 7.33. The number of likely N-dealkylation sites (N-methyl/N-ethyl adjacent to an activating group) is 1. The zero-order valence-electron chi connectivity index (χ0n) is 21.7. The number of benzene rings is 1. The van der Waals surface area contributed by atoms with Crippen molar-refractivity contribution in [1.29, 1.82) is 0 Å². The maximum Gasteiger partial charge on any atom is 0.253 e. The molecule has 11 heteroatoms. The van der Waals surface area contributed by atoms with Crippen molar-refractivity contribution < 1.29 is 15.0 Å². The number of hydrogen-bond acceptors (Lipinski definition) is 8. The Bertz CT molecular complexity index is 1050. The first-order chi connectivity index (χ1) is 17.2. The number of nitrogens with zero attached hydrogens (tertiary/aromatic N) is 7. The van der Waals surface area contributed by atoms with Crippen LogP contribution in [0.15, 0.2) is 30.6 Å². The highest BCUT2D eigenvalue weighted by molar-refractivity contribution is 5.97. The first-order valence-corrected chi connectivity index (χ1v) is 12.1. The lowest BCUT2D eigenvalue weighted by atomic mass is 10.1. The summed E-state index contributed by atoms with van der Waals surface area (Å²) in [5, 5.41) is 5.72. The van der Waals surface area contributed by atoms with Crippen LogP contribution in [-0.2, 0) is 4.79 Å². The summed E-state index contributed by atoms with van der Waals surface area (Å²) in [7, 11) is 7.88. The van der Waals surface area contributed by atoms with Crippen molar-refractivity contribution in [3.8, 4) is 0 Å². The zero-order chi connectivity index (χ0) is 26.2. The molecule has 4 N–H and O–H groups in total. The van der Waals surface area contributed by atoms with Gasteiger partial charge in [-0.1, -0.05) is 0 Å². The number of aromatic nitrogens is 2. The fraction of sp³-hybridized carbons (Fsp3) is 0.480. The van der Waals surface area contributed by atoms with E-state index in [-0.39, 0.29) is 11.8 Å². The van der Waals surface area contributed by atoms with Crippen molar-refractivity contribution in [2.45, 2.75) is 6.42 Å². The highest BCUT2D eigenvalue weighted by atomic mass is 16.2. The van der Waals surface area contributed by atoms with Gasteiger partial charge in [0.05, 0.1) is 0 Å². The smallest absolute Gasteiger partial charge is 0.253 e. The molecule has 3 rings (SSSR count). The predicted octanol–water partition coefficient (Wildman–Crippen LogP) is -0.954. The minimum absolute atomic E-state index is 0.0345. The maximum atomic E-state index is 13.2. The molecule has 0 aliphatic carbocycles. The summed E-state index contributed by atoms with van der Waals surface area (Å²) in [6.07, 6.45) is 3.27. The normalized spacial score (nSPS) is 13.8. The summed E-state index contributed by atoms with van der Waals surface area (Å²) in [5.41, 5.74) is 7.93. The van der Waals surface area contributed by atoms with Gasteiger partial charge in [-0.3, -0.25) is 15.0 Å². The third-order valence-electron chi connectivity index (χ3n) is 6.20. The van der Waals surface area contributed by atoms with E-state index in [1.54, 1.807) is 17.0 Å². The van der Waals surface area contributed by atoms with Crippen LogP contribution < -0.4 is 20.9 Å². The van der Waals surface area contributed by atoms with Crippen molar-refractivity contribution in [3.05, 3.63) is 41.7 Å². The van der Waals surface area contributed by atoms with Crippen molar-refractivity contribution >= 4 is 35.4 Å². The van der Waals surface area contributed by atoms with E-state index in [0.29, 0.717) is 68.5 Å². The molecule has 36 heavy (non-hydrogen) atoms. The summed E-state index contributed by atoms with van der Waals surface area (Å²) in [6.45, 7) is 4.34. The first kappa shape index (κ1) is 27.0. The molecule has 2 amide bonds. The van der Waals surface area contributed by atoms with E-state index in [4.69, 9.17) is 11.1 Å². The number of piperazine rings is 1. The second-order valence-corrected chi connectivity index (χ2v) is 9.39. The highest BCUT2D eigenvalue weighted by Gasteiger charge is 2.25. The quantitative estimate of drug-likeness (QED) is 0.403. The van der Waals surface area contributed by atoms with E-state index < -0.39 is 0 Å². The molecule has 0 saturated carbocycles. The molecule has 0 radical (unpaired) electrons. The van der Waals surface area contributed by atoms with Crippen LogP contribution in [0.3, 0.4) is 0 Å². The van der Waals surface area contributed by atoms with Gasteiger partial charge in [0.25, 0.3) is 5.91 Å². The topological polar surface area (TPSA) is 128 Å². The van der Waals surface area contributed by atoms with Gasteiger partial charge in [0.1, 0.15) is 23.5 Å². The number of carbonyl (C=O) groups is 2. The summed E-state index contributed by atoms with van der Waals surface area (Å²) in [5.74, 6) is 1.05. The Kier molecular flexibility index (Phi) is 9.31. The van der Waals surface area contributed by atoms with E-state index in [2.05, 4.69) is 14.9 Å². The van der Waals surface area contributed by atoms with Crippen LogP contribution in [0.2, 0.25) is 0 Å². The van der Waals surface area contributed by atoms with Crippen LogP contribution in [0.4, 0.5) is 17.3 Å². The number of rotatable bonds is 10. The standard InChI is InChI=1S/C25H37N9O2/c1-30(2)10-9-22(35)34(16-11-31(3)4)20-7-5-19(6-8-20)25(36)33-14-12-32(13-15-33)24-21(17-26)23(27)28-18-29-24/h5-8,17-18,26H,9-16H2,1-4H3,(H2,27,28,29)/p+1. The van der Waals surface area contributed by atoms with Crippen LogP contribution in [0, 0.1) is 0 Å². The van der Waals surface area contributed by atoms with E-state index in [1.165, 1.54) is 12.5 Å². The molecule has 2 aromatic rings. The molecule has 1 aliphatic rings. The monoisotopic (exact) mass is 496 g/mol. The third-order valence-corrected chi connectivity index (χ3v) is 6.20. The Hall–Kier alpha value is -3.57. The fourth-order valence-corrected chi connectivity index (χ4v) is 4.05. The Labute approximate surface area is 213 Å². The molecule has 0 unspecified atom stereocenters. The average Bonchev–Trinajstić information content (AvgIpc) is 2.87. The minimum Gasteiger partial charge on any atom is -0.383 e. The Morgan fingerprint density at radius 1 is 0.972 bits per heavy atom. The second-order valence-electron chi connectivity index (χ2n) is 9.39. The van der Waals surface area contributed by atoms with Gasteiger partial charge in [-0.15, -0.1) is 0 Å². The van der Waals surface area contributed by atoms with E-state index >= 15 is 0 Å². The molecule has 1 aromatic carbocycles. The van der Waals surface area contributed by atoms with Gasteiger partial charge in [0, 0.05) is 63.5 Å². The molecule has 1 aromatic heterocycles. The second kappa shape index (κ2) is 12.4. The van der Waals surface area contributed by atoms with Crippen LogP contribution in [0.1, 0.15) is 22.3 Å². The summed E-state index contributed by atoms with van der Waals surface area (Å²) in [4.78, 5) is 44.1. The number of nitrogen functional groups attached to an aromatic ring is 1. The van der Waals surface area contributed by atoms with Crippen molar-refractivity contribution in [2.75, 3.05) is 89.5 Å². The van der Waals surface area contributed by atoms with Crippen LogP contribution in [-0.4, -0.2) is 117 Å². The zero-order valence-corrected chi connectivity index (χ0v) is 21.7. The molecule has 2 heterocycles. The number of hydrogen-bond donors (Lipinski definition) is 2. The van der Waals surface area contributed by atoms with Gasteiger partial charge in [0.2, 0.25) is 5.91 Å². The minimum atomic E-state index is -0.0345. The number of carbonyl (C=O) groups excluding carboxylic acids is 2. The Balaban J connectivity index is 1.66. The molecule has 0 spiro atoms. The Morgan fingerprint density at radius 3 is 2.19 bits per heavy atom. The van der Waals surface area contributed by atoms with Gasteiger partial charge >= 0.3 is 0 Å². The predicted molar refractivity (Wildman–Crippen MR) is 142 cm³/mol. The number of amides is 2. The lowest BCUT2D eigenvalue weighted by Gasteiger charge is -2.35. The number of anilines is 3. The van der Waals surface area contributed by atoms with E-state index in [9.17, 15) is 9.59 Å². The fourth-order valence-electron chi connectivity index (χ4n) is 4.05. The maximum absolute atomic E-state index is 13.2. The Morgan fingerprint density at radius 2 is 1.61 bits per heavy atom. The SMILES string of the molecule is CN(C)CCC(=O)N(CCN(C)C)c1ccc(C(=O)N2CCN(c3ncnc(N)c3C=[NH2+])CC2)cc1. The van der Waals surface area contributed by atoms with E-state index in [1.807, 2.05) is 55.0 Å². The van der Waals surface area contributed by atoms with Gasteiger partial charge in [-0.2, -0.15) is 0 Å². The molecule has 1 fully saturated rings. The lowest BCUT2D eigenvalue weighted by Crippen LogP contribution is -2.49. The summed E-state index contributed by atoms with van der Waals surface area (Å²) >= 11 is 0. The molecule has 0 atom stereocenters. The van der Waals surface area contributed by atoms with Crippen molar-refractivity contribution in [2.24, 2.45) is 0 Å². The third kappa shape index (κ3) is 6.76. The molecular weight excluding hydrogens is 458 g/mol. The molecule has 0 bridgehead atoms. The molecule has 11 nitrogen and oxygen atoms in total. The van der Waals surface area contributed by atoms with Gasteiger partial charge < -0.3 is 30.2 Å². The van der Waals surface area contributed by atoms with Gasteiger partial charge in [-0.25, -0.2) is 9.97 Å². The lowest BCUT2D eigenvalue weighted by molar-refractivity contribution is -0.118. The van der Waals surface area contributed by atoms with Crippen LogP contribution in [0.25, 0.3) is 0 Å². The molecule has 1 aliphatic heterocycles. The van der Waals surface area contributed by atoms with Crippen LogP contribution >= 0.6 is 0 Å². The largest absolute Gasteiger partial charge is 0.383 e. The van der Waals surface area contributed by atoms with Crippen LogP contribution in [0.5, 0.6) is 0 Å². The van der Waals surface area contributed by atoms with Gasteiger partial charge in [-0.05, 0) is 52.5 Å². The molecule has 1 saturated heterocycles. The van der Waals surface area contributed by atoms with Crippen molar-refractivity contribution in [3.63, 3.8) is 0 Å². The average molecular weight is 497 g/mol. The highest BCUT2D eigenvalue weighted by Crippen LogP contribution is 2.22. The summed E-state index contributed by atoms with van der Waals surface area (Å²) < 4.78 is 0. The van der Waals surface area contributed by atoms with E-state index in [0.717, 1.165) is 12.2 Å². The van der Waals surface area contributed by atoms with Crippen molar-refractivity contribution in [1.82, 2.24) is 24.7 Å². The molecule has 194 valence electrons. The number of nitrogens with two attached hydrogens (primary N) is 2. The van der Waals surface area contributed by atoms with Gasteiger partial charge in [0.15, 0.2) is 6.21 Å².